The first kappa shape index (κ1) is 13.1. The van der Waals surface area contributed by atoms with Gasteiger partial charge in [-0.15, -0.1) is 0 Å². The number of hydrogen-bond donors (Lipinski definition) is 2. The van der Waals surface area contributed by atoms with E-state index < -0.39 is 20.8 Å². The third kappa shape index (κ3) is 3.11. The smallest absolute Gasteiger partial charge is 0.358 e. The van der Waals surface area contributed by atoms with Crippen molar-refractivity contribution in [3.8, 4) is 0 Å². The van der Waals surface area contributed by atoms with Crippen molar-refractivity contribution in [2.45, 2.75) is 11.4 Å². The summed E-state index contributed by atoms with van der Waals surface area (Å²) in [7, 11) is -3.76. The van der Waals surface area contributed by atoms with Crippen LogP contribution < -0.4 is 4.72 Å². The Labute approximate surface area is 107 Å². The first-order chi connectivity index (χ1) is 8.99. The van der Waals surface area contributed by atoms with E-state index in [1.54, 1.807) is 0 Å². The van der Waals surface area contributed by atoms with Gasteiger partial charge in [0, 0.05) is 18.0 Å². The van der Waals surface area contributed by atoms with Gasteiger partial charge in [0.15, 0.2) is 6.20 Å². The van der Waals surface area contributed by atoms with Crippen molar-refractivity contribution in [1.29, 1.82) is 0 Å². The summed E-state index contributed by atoms with van der Waals surface area (Å²) < 4.78 is 26.0. The van der Waals surface area contributed by atoms with Crippen LogP contribution in [0, 0.1) is 10.1 Å². The number of nitrogens with zero attached hydrogens (tertiary/aromatic N) is 3. The summed E-state index contributed by atoms with van der Waals surface area (Å²) in [4.78, 5) is 19.5. The zero-order valence-corrected chi connectivity index (χ0v) is 10.3. The number of nitro groups is 1. The van der Waals surface area contributed by atoms with Crippen LogP contribution in [0.5, 0.6) is 0 Å². The summed E-state index contributed by atoms with van der Waals surface area (Å²) in [5.74, 6) is -0.410. The maximum absolute atomic E-state index is 11.9. The van der Waals surface area contributed by atoms with E-state index in [9.17, 15) is 18.5 Å². The molecule has 0 bridgehead atoms. The van der Waals surface area contributed by atoms with Crippen LogP contribution in [0.1, 0.15) is 5.69 Å². The molecule has 0 saturated carbocycles. The Hall–Kier alpha value is -2.33. The second-order valence-electron chi connectivity index (χ2n) is 3.51. The lowest BCUT2D eigenvalue weighted by atomic mass is 10.5. The number of H-pyrrole nitrogens is 1. The molecule has 0 aliphatic carbocycles. The van der Waals surface area contributed by atoms with E-state index >= 15 is 0 Å². The number of sulfonamides is 1. The zero-order valence-electron chi connectivity index (χ0n) is 9.48. The predicted octanol–water partition coefficient (Wildman–Crippen LogP) is 0.191. The lowest BCUT2D eigenvalue weighted by Crippen LogP contribution is -2.23. The largest absolute Gasteiger partial charge is 0.363 e. The van der Waals surface area contributed by atoms with Crippen molar-refractivity contribution >= 4 is 15.8 Å². The summed E-state index contributed by atoms with van der Waals surface area (Å²) in [6.45, 7) is 0.0410. The maximum atomic E-state index is 11.9. The van der Waals surface area contributed by atoms with Crippen LogP contribution in [-0.2, 0) is 16.6 Å². The van der Waals surface area contributed by atoms with Crippen LogP contribution >= 0.6 is 0 Å². The first-order valence-corrected chi connectivity index (χ1v) is 6.55. The van der Waals surface area contributed by atoms with Gasteiger partial charge in [-0.2, -0.15) is 0 Å². The van der Waals surface area contributed by atoms with Crippen molar-refractivity contribution < 1.29 is 13.3 Å². The molecule has 0 aliphatic heterocycles. The molecule has 19 heavy (non-hydrogen) atoms. The molecule has 9 nitrogen and oxygen atoms in total. The molecule has 0 saturated heterocycles. The van der Waals surface area contributed by atoms with Gasteiger partial charge in [-0.05, 0) is 16.0 Å². The second-order valence-corrected chi connectivity index (χ2v) is 5.28. The molecule has 2 heterocycles. The fraction of sp³-hybridized carbons (Fsp3) is 0.111. The number of nitrogens with one attached hydrogen (secondary N) is 2. The van der Waals surface area contributed by atoms with E-state index in [0.29, 0.717) is 5.69 Å². The lowest BCUT2D eigenvalue weighted by Gasteiger charge is -2.03. The fourth-order valence-corrected chi connectivity index (χ4v) is 2.23. The van der Waals surface area contributed by atoms with Gasteiger partial charge >= 0.3 is 5.82 Å². The molecule has 0 aromatic carbocycles. The molecule has 0 spiro atoms. The Kier molecular flexibility index (Phi) is 3.53. The number of imidazole rings is 1. The molecule has 0 atom stereocenters. The van der Waals surface area contributed by atoms with E-state index in [1.165, 1.54) is 12.5 Å². The normalized spacial score (nSPS) is 11.4. The van der Waals surface area contributed by atoms with Gasteiger partial charge < -0.3 is 15.1 Å². The van der Waals surface area contributed by atoms with Gasteiger partial charge in [-0.3, -0.25) is 0 Å². The van der Waals surface area contributed by atoms with Crippen LogP contribution in [0.3, 0.4) is 0 Å². The Morgan fingerprint density at radius 1 is 1.37 bits per heavy atom. The predicted molar refractivity (Wildman–Crippen MR) is 63.5 cm³/mol. The molecule has 0 fully saturated rings. The second kappa shape index (κ2) is 5.12. The van der Waals surface area contributed by atoms with Crippen LogP contribution in [0.2, 0.25) is 0 Å². The van der Waals surface area contributed by atoms with Gasteiger partial charge in [0.2, 0.25) is 10.0 Å². The minimum atomic E-state index is -3.76. The molecule has 2 N–H and O–H groups in total. The minimum Gasteiger partial charge on any atom is -0.358 e. The van der Waals surface area contributed by atoms with Crippen LogP contribution in [0.4, 0.5) is 5.82 Å². The van der Waals surface area contributed by atoms with Gasteiger partial charge in [-0.1, -0.05) is 0 Å². The fourth-order valence-electron chi connectivity index (χ4n) is 1.28. The number of hydrogen-bond acceptors (Lipinski definition) is 6. The van der Waals surface area contributed by atoms with Crippen LogP contribution in [0.25, 0.3) is 0 Å². The maximum Gasteiger partial charge on any atom is 0.363 e. The minimum absolute atomic E-state index is 0.0410. The van der Waals surface area contributed by atoms with Crippen LogP contribution in [-0.4, -0.2) is 28.3 Å². The van der Waals surface area contributed by atoms with E-state index in [4.69, 9.17) is 0 Å². The van der Waals surface area contributed by atoms with E-state index in [2.05, 4.69) is 19.7 Å². The molecule has 2 aromatic heterocycles. The molecule has 2 rings (SSSR count). The highest BCUT2D eigenvalue weighted by atomic mass is 32.2. The van der Waals surface area contributed by atoms with Crippen molar-refractivity contribution in [3.63, 3.8) is 0 Å². The van der Waals surface area contributed by atoms with Gasteiger partial charge in [0.05, 0.1) is 12.9 Å². The highest BCUT2D eigenvalue weighted by Gasteiger charge is 2.17. The monoisotopic (exact) mass is 283 g/mol. The Morgan fingerprint density at radius 2 is 2.16 bits per heavy atom. The molecule has 0 amide bonds. The van der Waals surface area contributed by atoms with Crippen molar-refractivity contribution in [1.82, 2.24) is 19.7 Å². The molecular weight excluding hydrogens is 274 g/mol. The molecular formula is C9H9N5O4S. The topological polar surface area (TPSA) is 131 Å². The molecule has 10 heteroatoms. The van der Waals surface area contributed by atoms with Crippen molar-refractivity contribution in [2.75, 3.05) is 0 Å². The third-order valence-corrected chi connectivity index (χ3v) is 3.61. The van der Waals surface area contributed by atoms with Crippen molar-refractivity contribution in [3.05, 3.63) is 46.7 Å². The number of rotatable bonds is 5. The van der Waals surface area contributed by atoms with E-state index in [-0.39, 0.29) is 11.4 Å². The standard InChI is InChI=1S/C9H9N5O4S/c15-14(16)9-2-1-8(5-11-9)19(17,18)13-4-7-3-10-6-12-7/h1-3,5-6,13H,4H2,(H,10,12). The van der Waals surface area contributed by atoms with Crippen LogP contribution in [0.15, 0.2) is 35.7 Å². The average molecular weight is 283 g/mol. The summed E-state index contributed by atoms with van der Waals surface area (Å²) >= 11 is 0. The number of pyridine rings is 1. The first-order valence-electron chi connectivity index (χ1n) is 5.06. The quantitative estimate of drug-likeness (QED) is 0.595. The van der Waals surface area contributed by atoms with E-state index in [1.807, 2.05) is 0 Å². The summed E-state index contributed by atoms with van der Waals surface area (Å²) in [5, 5.41) is 10.4. The highest BCUT2D eigenvalue weighted by molar-refractivity contribution is 7.89. The summed E-state index contributed by atoms with van der Waals surface area (Å²) in [5.41, 5.74) is 0.596. The Morgan fingerprint density at radius 3 is 2.68 bits per heavy atom. The Bertz CT molecular complexity index is 665. The number of aromatic nitrogens is 3. The molecule has 0 unspecified atom stereocenters. The molecule has 100 valence electrons. The molecule has 2 aromatic rings. The van der Waals surface area contributed by atoms with E-state index in [0.717, 1.165) is 18.3 Å². The lowest BCUT2D eigenvalue weighted by molar-refractivity contribution is -0.389. The van der Waals surface area contributed by atoms with Gasteiger partial charge in [-0.25, -0.2) is 18.1 Å². The average Bonchev–Trinajstić information content (AvgIpc) is 2.90. The molecule has 0 radical (unpaired) electrons. The molecule has 0 aliphatic rings. The SMILES string of the molecule is O=[N+]([O-])c1ccc(S(=O)(=O)NCc2cnc[nH]2)cn1. The number of aromatic amines is 1. The zero-order chi connectivity index (χ0) is 13.9. The van der Waals surface area contributed by atoms with Crippen molar-refractivity contribution in [2.24, 2.45) is 0 Å². The third-order valence-electron chi connectivity index (χ3n) is 2.23. The highest BCUT2D eigenvalue weighted by Crippen LogP contribution is 2.12. The van der Waals surface area contributed by atoms with Gasteiger partial charge in [0.1, 0.15) is 4.90 Å². The van der Waals surface area contributed by atoms with Gasteiger partial charge in [0.25, 0.3) is 0 Å². The Balaban J connectivity index is 2.13. The summed E-state index contributed by atoms with van der Waals surface area (Å²) in [6.07, 6.45) is 3.85. The summed E-state index contributed by atoms with van der Waals surface area (Å²) in [6, 6.07) is 2.16.